The Morgan fingerprint density at radius 2 is 1.67 bits per heavy atom. The summed E-state index contributed by atoms with van der Waals surface area (Å²) < 4.78 is 0. The van der Waals surface area contributed by atoms with Crippen molar-refractivity contribution in [1.82, 2.24) is 9.97 Å². The predicted molar refractivity (Wildman–Crippen MR) is 90.4 cm³/mol. The number of pyridine rings is 2. The average molecular weight is 321 g/mol. The molecule has 21 heavy (non-hydrogen) atoms. The van der Waals surface area contributed by atoms with Gasteiger partial charge in [0.15, 0.2) is 0 Å². The van der Waals surface area contributed by atoms with E-state index in [0.717, 1.165) is 27.0 Å². The minimum Gasteiger partial charge on any atom is -0.384 e. The molecular formula is C15H19N3OS2. The summed E-state index contributed by atoms with van der Waals surface area (Å²) in [5, 5.41) is 12.4. The lowest BCUT2D eigenvalue weighted by molar-refractivity contribution is 0.219. The molecule has 0 spiro atoms. The predicted octanol–water partition coefficient (Wildman–Crippen LogP) is 3.07. The number of nitrogens with zero attached hydrogens (tertiary/aromatic N) is 3. The fourth-order valence-electron chi connectivity index (χ4n) is 1.88. The smallest absolute Gasteiger partial charge is 0.127 e. The number of hydrogen-bond acceptors (Lipinski definition) is 6. The largest absolute Gasteiger partial charge is 0.384 e. The summed E-state index contributed by atoms with van der Waals surface area (Å²) in [4.78, 5) is 10.8. The second-order valence-electron chi connectivity index (χ2n) is 4.73. The molecule has 0 aliphatic carbocycles. The zero-order valence-electron chi connectivity index (χ0n) is 12.6. The summed E-state index contributed by atoms with van der Waals surface area (Å²) in [6, 6.07) is 7.67. The summed E-state index contributed by atoms with van der Waals surface area (Å²) in [5.41, 5.74) is 1.63. The molecule has 0 aliphatic heterocycles. The number of aromatic nitrogens is 2. The maximum Gasteiger partial charge on any atom is 0.127 e. The molecule has 0 saturated heterocycles. The zero-order valence-corrected chi connectivity index (χ0v) is 14.2. The first-order valence-corrected chi connectivity index (χ1v) is 8.91. The number of rotatable bonds is 5. The van der Waals surface area contributed by atoms with E-state index in [-0.39, 0.29) is 0 Å². The van der Waals surface area contributed by atoms with Gasteiger partial charge in [-0.15, -0.1) is 23.5 Å². The van der Waals surface area contributed by atoms with Crippen LogP contribution in [0, 0.1) is 0 Å². The van der Waals surface area contributed by atoms with Crippen LogP contribution >= 0.6 is 23.5 Å². The van der Waals surface area contributed by atoms with Gasteiger partial charge in [-0.3, -0.25) is 0 Å². The van der Waals surface area contributed by atoms with E-state index in [1.54, 1.807) is 29.7 Å². The minimum absolute atomic E-state index is 0.687. The van der Waals surface area contributed by atoms with Crippen molar-refractivity contribution in [2.24, 2.45) is 0 Å². The van der Waals surface area contributed by atoms with Crippen LogP contribution in [0.3, 0.4) is 0 Å². The van der Waals surface area contributed by atoms with Crippen LogP contribution in [-0.2, 0) is 0 Å². The summed E-state index contributed by atoms with van der Waals surface area (Å²) in [6.45, 7) is 0. The first-order valence-electron chi connectivity index (χ1n) is 6.46. The molecule has 1 unspecified atom stereocenters. The molecular weight excluding hydrogens is 302 g/mol. The Morgan fingerprint density at radius 1 is 1.05 bits per heavy atom. The van der Waals surface area contributed by atoms with Crippen molar-refractivity contribution in [3.8, 4) is 0 Å². The highest BCUT2D eigenvalue weighted by Crippen LogP contribution is 2.28. The lowest BCUT2D eigenvalue weighted by Crippen LogP contribution is -2.11. The van der Waals surface area contributed by atoms with Crippen LogP contribution in [0.5, 0.6) is 0 Å². The maximum atomic E-state index is 10.6. The molecule has 4 nitrogen and oxygen atoms in total. The molecule has 2 heterocycles. The van der Waals surface area contributed by atoms with E-state index in [2.05, 4.69) is 9.97 Å². The summed E-state index contributed by atoms with van der Waals surface area (Å²) in [5.74, 6) is 0.871. The van der Waals surface area contributed by atoms with Gasteiger partial charge in [0.05, 0.1) is 10.1 Å². The summed E-state index contributed by atoms with van der Waals surface area (Å²) >= 11 is 3.15. The second kappa shape index (κ2) is 7.15. The van der Waals surface area contributed by atoms with Crippen LogP contribution in [-0.4, -0.2) is 41.7 Å². The van der Waals surface area contributed by atoms with Gasteiger partial charge in [0, 0.05) is 25.9 Å². The Labute approximate surface area is 134 Å². The van der Waals surface area contributed by atoms with Gasteiger partial charge in [0.1, 0.15) is 11.9 Å². The molecule has 0 saturated carbocycles. The average Bonchev–Trinajstić information content (AvgIpc) is 2.53. The number of hydrogen-bond donors (Lipinski definition) is 1. The van der Waals surface area contributed by atoms with E-state index in [9.17, 15) is 5.11 Å². The number of aliphatic hydroxyl groups excluding tert-OH is 1. The summed E-state index contributed by atoms with van der Waals surface area (Å²) in [7, 11) is 3.88. The van der Waals surface area contributed by atoms with Gasteiger partial charge in [-0.05, 0) is 36.3 Å². The van der Waals surface area contributed by atoms with Crippen molar-refractivity contribution < 1.29 is 5.11 Å². The number of anilines is 1. The molecule has 6 heteroatoms. The molecule has 2 rings (SSSR count). The monoisotopic (exact) mass is 321 g/mol. The fourth-order valence-corrected chi connectivity index (χ4v) is 2.83. The van der Waals surface area contributed by atoms with Gasteiger partial charge in [0.2, 0.25) is 0 Å². The topological polar surface area (TPSA) is 49.2 Å². The normalized spacial score (nSPS) is 12.2. The van der Waals surface area contributed by atoms with Crippen LogP contribution < -0.4 is 4.90 Å². The van der Waals surface area contributed by atoms with Crippen molar-refractivity contribution in [3.63, 3.8) is 0 Å². The molecule has 0 radical (unpaired) electrons. The molecule has 1 N–H and O–H groups in total. The highest BCUT2D eigenvalue weighted by molar-refractivity contribution is 7.99. The Kier molecular flexibility index (Phi) is 5.50. The van der Waals surface area contributed by atoms with E-state index in [1.807, 2.05) is 55.8 Å². The third-order valence-electron chi connectivity index (χ3n) is 3.08. The van der Waals surface area contributed by atoms with Crippen molar-refractivity contribution in [3.05, 3.63) is 41.6 Å². The standard InChI is InChI=1S/C15H19N3OS2/c1-18(2)12-6-5-10(9-16-12)15(19)11-7-13(20-3)17-14(8-11)21-4/h5-9,15,19H,1-4H3. The maximum absolute atomic E-state index is 10.6. The van der Waals surface area contributed by atoms with Crippen LogP contribution in [0.2, 0.25) is 0 Å². The Hall–Kier alpha value is -1.24. The molecule has 2 aromatic rings. The lowest BCUT2D eigenvalue weighted by atomic mass is 10.0. The zero-order chi connectivity index (χ0) is 15.4. The molecule has 0 bridgehead atoms. The molecule has 2 aromatic heterocycles. The fraction of sp³-hybridized carbons (Fsp3) is 0.333. The number of thioether (sulfide) groups is 2. The van der Waals surface area contributed by atoms with Crippen molar-refractivity contribution >= 4 is 29.3 Å². The highest BCUT2D eigenvalue weighted by Gasteiger charge is 2.14. The minimum atomic E-state index is -0.687. The van der Waals surface area contributed by atoms with Gasteiger partial charge in [-0.25, -0.2) is 9.97 Å². The Balaban J connectivity index is 2.32. The van der Waals surface area contributed by atoms with E-state index in [4.69, 9.17) is 0 Å². The third-order valence-corrected chi connectivity index (χ3v) is 4.33. The van der Waals surface area contributed by atoms with E-state index < -0.39 is 6.10 Å². The van der Waals surface area contributed by atoms with Gasteiger partial charge in [-0.1, -0.05) is 6.07 Å². The Bertz CT molecular complexity index is 580. The van der Waals surface area contributed by atoms with Crippen LogP contribution in [0.1, 0.15) is 17.2 Å². The van der Waals surface area contributed by atoms with E-state index in [1.165, 1.54) is 0 Å². The second-order valence-corrected chi connectivity index (χ2v) is 6.38. The van der Waals surface area contributed by atoms with Gasteiger partial charge in [0.25, 0.3) is 0 Å². The lowest BCUT2D eigenvalue weighted by Gasteiger charge is -2.15. The molecule has 0 aliphatic rings. The first kappa shape index (κ1) is 16.1. The molecule has 112 valence electrons. The van der Waals surface area contributed by atoms with Gasteiger partial charge in [-0.2, -0.15) is 0 Å². The van der Waals surface area contributed by atoms with Gasteiger partial charge < -0.3 is 10.0 Å². The number of aliphatic hydroxyl groups is 1. The van der Waals surface area contributed by atoms with Crippen molar-refractivity contribution in [1.29, 1.82) is 0 Å². The van der Waals surface area contributed by atoms with Crippen molar-refractivity contribution in [2.75, 3.05) is 31.5 Å². The molecule has 0 amide bonds. The molecule has 0 aromatic carbocycles. The van der Waals surface area contributed by atoms with Gasteiger partial charge >= 0.3 is 0 Å². The summed E-state index contributed by atoms with van der Waals surface area (Å²) in [6.07, 6.45) is 5.00. The van der Waals surface area contributed by atoms with Crippen LogP contribution in [0.4, 0.5) is 5.82 Å². The SMILES string of the molecule is CSc1cc(C(O)c2ccc(N(C)C)nc2)cc(SC)n1. The van der Waals surface area contributed by atoms with E-state index in [0.29, 0.717) is 0 Å². The van der Waals surface area contributed by atoms with Crippen LogP contribution in [0.15, 0.2) is 40.5 Å². The Morgan fingerprint density at radius 3 is 2.10 bits per heavy atom. The molecule has 1 atom stereocenters. The quantitative estimate of drug-likeness (QED) is 0.854. The first-order chi connectivity index (χ1) is 10.0. The molecule has 0 fully saturated rings. The van der Waals surface area contributed by atoms with E-state index >= 15 is 0 Å². The highest BCUT2D eigenvalue weighted by atomic mass is 32.2. The van der Waals surface area contributed by atoms with Crippen LogP contribution in [0.25, 0.3) is 0 Å². The van der Waals surface area contributed by atoms with Crippen molar-refractivity contribution in [2.45, 2.75) is 16.2 Å². The third kappa shape index (κ3) is 3.90.